The zero-order valence-electron chi connectivity index (χ0n) is 12.8. The molecule has 0 aliphatic heterocycles. The van der Waals surface area contributed by atoms with Gasteiger partial charge in [-0.1, -0.05) is 30.3 Å². The van der Waals surface area contributed by atoms with E-state index in [-0.39, 0.29) is 11.0 Å². The Morgan fingerprint density at radius 2 is 1.78 bits per heavy atom. The summed E-state index contributed by atoms with van der Waals surface area (Å²) in [6, 6.07) is 14.3. The van der Waals surface area contributed by atoms with Gasteiger partial charge in [-0.15, -0.1) is 0 Å². The number of ether oxygens (including phenoxy) is 2. The molecule has 0 saturated heterocycles. The van der Waals surface area contributed by atoms with E-state index >= 15 is 0 Å². The Kier molecular flexibility index (Phi) is 3.85. The molecule has 23 heavy (non-hydrogen) atoms. The predicted octanol–water partition coefficient (Wildman–Crippen LogP) is 2.99. The van der Waals surface area contributed by atoms with Crippen molar-refractivity contribution in [2.75, 3.05) is 14.2 Å². The summed E-state index contributed by atoms with van der Waals surface area (Å²) in [5.41, 5.74) is 1.41. The topological polar surface area (TPSA) is 68.4 Å². The number of hydrogen-bond acceptors (Lipinski definition) is 4. The van der Waals surface area contributed by atoms with Crippen molar-refractivity contribution in [1.82, 2.24) is 4.98 Å². The maximum Gasteiger partial charge on any atom is 0.344 e. The van der Waals surface area contributed by atoms with Crippen LogP contribution in [0.25, 0.3) is 22.2 Å². The highest BCUT2D eigenvalue weighted by molar-refractivity contribution is 6.00. The Hall–Kier alpha value is -3.08. The van der Waals surface area contributed by atoms with Crippen LogP contribution in [0, 0.1) is 0 Å². The van der Waals surface area contributed by atoms with Crippen molar-refractivity contribution < 1.29 is 14.3 Å². The van der Waals surface area contributed by atoms with Gasteiger partial charge in [-0.05, 0) is 23.8 Å². The quantitative estimate of drug-likeness (QED) is 0.755. The van der Waals surface area contributed by atoms with E-state index in [9.17, 15) is 9.59 Å². The lowest BCUT2D eigenvalue weighted by atomic mass is 10.0. The molecular weight excluding hydrogens is 294 g/mol. The van der Waals surface area contributed by atoms with Crippen molar-refractivity contribution >= 4 is 16.9 Å². The Labute approximate surface area is 132 Å². The molecule has 0 unspecified atom stereocenters. The minimum absolute atomic E-state index is 0.0144. The molecule has 0 aliphatic rings. The molecule has 0 bridgehead atoms. The first kappa shape index (κ1) is 14.8. The zero-order valence-corrected chi connectivity index (χ0v) is 12.8. The number of hydrogen-bond donors (Lipinski definition) is 1. The summed E-state index contributed by atoms with van der Waals surface area (Å²) in [5, 5.41) is 0.379. The average Bonchev–Trinajstić information content (AvgIpc) is 2.61. The van der Waals surface area contributed by atoms with Gasteiger partial charge in [0.15, 0.2) is 0 Å². The highest BCUT2D eigenvalue weighted by Gasteiger charge is 2.20. The van der Waals surface area contributed by atoms with Crippen molar-refractivity contribution in [2.24, 2.45) is 0 Å². The van der Waals surface area contributed by atoms with E-state index < -0.39 is 5.97 Å². The van der Waals surface area contributed by atoms with Crippen molar-refractivity contribution in [1.29, 1.82) is 0 Å². The summed E-state index contributed by atoms with van der Waals surface area (Å²) in [6.45, 7) is 0. The van der Waals surface area contributed by atoms with E-state index in [0.29, 0.717) is 22.3 Å². The fourth-order valence-electron chi connectivity index (χ4n) is 2.51. The minimum atomic E-state index is -0.671. The van der Waals surface area contributed by atoms with Gasteiger partial charge in [0.25, 0.3) is 0 Å². The number of fused-ring (bicyclic) bond motifs is 1. The fourth-order valence-corrected chi connectivity index (χ4v) is 2.51. The van der Waals surface area contributed by atoms with Gasteiger partial charge in [-0.25, -0.2) is 4.79 Å². The molecule has 5 heteroatoms. The lowest BCUT2D eigenvalue weighted by molar-refractivity contribution is 0.0600. The number of aromatic nitrogens is 1. The summed E-state index contributed by atoms with van der Waals surface area (Å²) in [7, 11) is 2.78. The third-order valence-electron chi connectivity index (χ3n) is 3.66. The molecule has 2 aromatic carbocycles. The largest absolute Gasteiger partial charge is 0.497 e. The molecule has 0 atom stereocenters. The van der Waals surface area contributed by atoms with Gasteiger partial charge in [0.2, 0.25) is 5.43 Å². The predicted molar refractivity (Wildman–Crippen MR) is 87.9 cm³/mol. The number of rotatable bonds is 3. The molecule has 0 amide bonds. The Morgan fingerprint density at radius 1 is 1.04 bits per heavy atom. The van der Waals surface area contributed by atoms with E-state index in [1.54, 1.807) is 18.2 Å². The smallest absolute Gasteiger partial charge is 0.344 e. The van der Waals surface area contributed by atoms with E-state index in [0.717, 1.165) is 5.56 Å². The van der Waals surface area contributed by atoms with Crippen molar-refractivity contribution in [3.63, 3.8) is 0 Å². The molecule has 116 valence electrons. The van der Waals surface area contributed by atoms with Gasteiger partial charge in [0.1, 0.15) is 11.3 Å². The van der Waals surface area contributed by atoms with Crippen LogP contribution in [0.4, 0.5) is 0 Å². The van der Waals surface area contributed by atoms with E-state index in [1.807, 2.05) is 30.3 Å². The number of pyridine rings is 1. The number of aromatic amines is 1. The lowest BCUT2D eigenvalue weighted by Crippen LogP contribution is -2.19. The summed E-state index contributed by atoms with van der Waals surface area (Å²) in [4.78, 5) is 28.1. The maximum absolute atomic E-state index is 12.8. The van der Waals surface area contributed by atoms with Gasteiger partial charge in [0, 0.05) is 0 Å². The summed E-state index contributed by atoms with van der Waals surface area (Å²) in [5.74, 6) is -0.124. The zero-order chi connectivity index (χ0) is 16.4. The molecule has 0 fully saturated rings. The Morgan fingerprint density at radius 3 is 2.43 bits per heavy atom. The van der Waals surface area contributed by atoms with E-state index in [1.165, 1.54) is 14.2 Å². The normalized spacial score (nSPS) is 10.5. The van der Waals surface area contributed by atoms with Crippen LogP contribution in [0.1, 0.15) is 10.4 Å². The molecule has 0 spiro atoms. The number of carbonyl (C=O) groups is 1. The van der Waals surface area contributed by atoms with Crippen molar-refractivity contribution in [2.45, 2.75) is 0 Å². The summed E-state index contributed by atoms with van der Waals surface area (Å²) < 4.78 is 9.94. The highest BCUT2D eigenvalue weighted by atomic mass is 16.5. The second kappa shape index (κ2) is 5.96. The molecule has 1 heterocycles. The summed E-state index contributed by atoms with van der Waals surface area (Å²) >= 11 is 0. The minimum Gasteiger partial charge on any atom is -0.497 e. The lowest BCUT2D eigenvalue weighted by Gasteiger charge is -2.11. The number of benzene rings is 2. The first-order valence-corrected chi connectivity index (χ1v) is 7.03. The van der Waals surface area contributed by atoms with Gasteiger partial charge < -0.3 is 14.5 Å². The van der Waals surface area contributed by atoms with Gasteiger partial charge in [-0.3, -0.25) is 4.79 Å². The number of carbonyl (C=O) groups excluding carboxylic acids is 1. The van der Waals surface area contributed by atoms with Crippen LogP contribution < -0.4 is 10.2 Å². The van der Waals surface area contributed by atoms with Crippen LogP contribution in [-0.2, 0) is 4.74 Å². The number of esters is 1. The molecular formula is C18H15NO4. The van der Waals surface area contributed by atoms with Crippen molar-refractivity contribution in [3.05, 3.63) is 64.3 Å². The number of H-pyrrole nitrogens is 1. The molecule has 0 radical (unpaired) electrons. The van der Waals surface area contributed by atoms with Gasteiger partial charge in [-0.2, -0.15) is 0 Å². The SMILES string of the molecule is COC(=O)c1c(-c2ccccc2)[nH]c2ccc(OC)cc2c1=O. The monoisotopic (exact) mass is 309 g/mol. The molecule has 0 aliphatic carbocycles. The Balaban J connectivity index is 2.39. The first-order valence-electron chi connectivity index (χ1n) is 7.03. The standard InChI is InChI=1S/C18H15NO4/c1-22-12-8-9-14-13(10-12)17(20)15(18(21)23-2)16(19-14)11-6-4-3-5-7-11/h3-10H,1-2H3,(H,19,20). The van der Waals surface area contributed by atoms with Gasteiger partial charge in [0.05, 0.1) is 30.8 Å². The van der Waals surface area contributed by atoms with Crippen LogP contribution in [0.5, 0.6) is 5.75 Å². The van der Waals surface area contributed by atoms with Crippen LogP contribution in [0.15, 0.2) is 53.3 Å². The number of nitrogens with one attached hydrogen (secondary N) is 1. The molecule has 1 N–H and O–H groups in total. The van der Waals surface area contributed by atoms with E-state index in [4.69, 9.17) is 9.47 Å². The Bertz CT molecular complexity index is 929. The molecule has 1 aromatic heterocycles. The van der Waals surface area contributed by atoms with Gasteiger partial charge >= 0.3 is 5.97 Å². The van der Waals surface area contributed by atoms with Crippen LogP contribution in [-0.4, -0.2) is 25.2 Å². The highest BCUT2D eigenvalue weighted by Crippen LogP contribution is 2.24. The maximum atomic E-state index is 12.8. The average molecular weight is 309 g/mol. The molecule has 5 nitrogen and oxygen atoms in total. The molecule has 3 rings (SSSR count). The molecule has 3 aromatic rings. The second-order valence-electron chi connectivity index (χ2n) is 4.97. The number of methoxy groups -OCH3 is 2. The fraction of sp³-hybridized carbons (Fsp3) is 0.111. The van der Waals surface area contributed by atoms with Crippen molar-refractivity contribution in [3.8, 4) is 17.0 Å². The third kappa shape index (κ3) is 2.57. The van der Waals surface area contributed by atoms with Crippen LogP contribution >= 0.6 is 0 Å². The molecule has 0 saturated carbocycles. The summed E-state index contributed by atoms with van der Waals surface area (Å²) in [6.07, 6.45) is 0. The van der Waals surface area contributed by atoms with Crippen LogP contribution in [0.2, 0.25) is 0 Å². The second-order valence-corrected chi connectivity index (χ2v) is 4.97. The van der Waals surface area contributed by atoms with E-state index in [2.05, 4.69) is 4.98 Å². The van der Waals surface area contributed by atoms with Crippen LogP contribution in [0.3, 0.4) is 0 Å². The first-order chi connectivity index (χ1) is 11.2. The third-order valence-corrected chi connectivity index (χ3v) is 3.66.